The van der Waals surface area contributed by atoms with E-state index in [1.165, 1.54) is 148 Å². The summed E-state index contributed by atoms with van der Waals surface area (Å²) >= 11 is 0. The van der Waals surface area contributed by atoms with Gasteiger partial charge < -0.3 is 4.74 Å². The zero-order chi connectivity index (χ0) is 25.1. The second kappa shape index (κ2) is 27.1. The summed E-state index contributed by atoms with van der Waals surface area (Å²) < 4.78 is 5.82. The Morgan fingerprint density at radius 3 is 1.26 bits per heavy atom. The summed E-state index contributed by atoms with van der Waals surface area (Å²) in [6.45, 7) is 9.55. The van der Waals surface area contributed by atoms with Gasteiger partial charge in [0.05, 0.1) is 12.5 Å². The Morgan fingerprint density at radius 2 is 0.824 bits per heavy atom. The molecule has 2 nitrogen and oxygen atoms in total. The average Bonchev–Trinajstić information content (AvgIpc) is 2.84. The zero-order valence-corrected chi connectivity index (χ0v) is 24.1. The van der Waals surface area contributed by atoms with Crippen LogP contribution in [0.5, 0.6) is 0 Å². The van der Waals surface area contributed by atoms with Gasteiger partial charge in [-0.2, -0.15) is 0 Å². The Labute approximate surface area is 215 Å². The van der Waals surface area contributed by atoms with Crippen LogP contribution in [-0.2, 0) is 9.53 Å². The molecule has 0 N–H and O–H groups in total. The highest BCUT2D eigenvalue weighted by Crippen LogP contribution is 2.21. The number of rotatable bonds is 27. The molecule has 0 aromatic heterocycles. The molecule has 2 heteroatoms. The molecule has 204 valence electrons. The molecule has 0 aromatic carbocycles. The molecule has 0 aliphatic carbocycles. The summed E-state index contributed by atoms with van der Waals surface area (Å²) in [4.78, 5) is 12.5. The summed E-state index contributed by atoms with van der Waals surface area (Å²) in [5.74, 6) is 0.681. The van der Waals surface area contributed by atoms with E-state index >= 15 is 0 Å². The summed E-state index contributed by atoms with van der Waals surface area (Å²) in [7, 11) is 0. The Hall–Kier alpha value is -0.530. The summed E-state index contributed by atoms with van der Waals surface area (Å²) in [6.07, 6.45) is 31.7. The topological polar surface area (TPSA) is 26.3 Å². The van der Waals surface area contributed by atoms with Gasteiger partial charge in [-0.05, 0) is 25.2 Å². The van der Waals surface area contributed by atoms with Crippen LogP contribution in [-0.4, -0.2) is 12.6 Å². The van der Waals surface area contributed by atoms with E-state index in [2.05, 4.69) is 27.7 Å². The standard InChI is InChI=1S/C32H64O2/c1-5-8-11-13-15-17-18-19-21-24-26-30(4)32(33)34-29-31(27-23-10-7-3)28-25-22-20-16-14-12-9-6-2/h30-31H,5-29H2,1-4H3. The second-order valence-corrected chi connectivity index (χ2v) is 11.1. The molecule has 0 spiro atoms. The van der Waals surface area contributed by atoms with Crippen LogP contribution in [0.2, 0.25) is 0 Å². The maximum absolute atomic E-state index is 12.5. The first kappa shape index (κ1) is 33.5. The molecule has 0 radical (unpaired) electrons. The minimum atomic E-state index is 0.0485. The minimum absolute atomic E-state index is 0.0485. The molecule has 0 amide bonds. The fourth-order valence-electron chi connectivity index (χ4n) is 4.96. The third-order valence-electron chi connectivity index (χ3n) is 7.54. The first-order valence-electron chi connectivity index (χ1n) is 15.8. The van der Waals surface area contributed by atoms with Crippen molar-refractivity contribution in [3.05, 3.63) is 0 Å². The Bertz CT molecular complexity index is 406. The van der Waals surface area contributed by atoms with Gasteiger partial charge in [-0.25, -0.2) is 0 Å². The van der Waals surface area contributed by atoms with Crippen molar-refractivity contribution in [2.45, 2.75) is 182 Å². The number of unbranched alkanes of at least 4 members (excludes halogenated alkanes) is 18. The molecular weight excluding hydrogens is 416 g/mol. The number of hydrogen-bond acceptors (Lipinski definition) is 2. The van der Waals surface area contributed by atoms with Crippen molar-refractivity contribution in [3.63, 3.8) is 0 Å². The Balaban J connectivity index is 3.90. The van der Waals surface area contributed by atoms with E-state index in [4.69, 9.17) is 4.74 Å². The lowest BCUT2D eigenvalue weighted by Gasteiger charge is -2.19. The number of carbonyl (C=O) groups excluding carboxylic acids is 1. The predicted molar refractivity (Wildman–Crippen MR) is 151 cm³/mol. The lowest BCUT2D eigenvalue weighted by Crippen LogP contribution is -2.19. The maximum atomic E-state index is 12.5. The molecule has 0 rings (SSSR count). The van der Waals surface area contributed by atoms with Crippen LogP contribution in [0.25, 0.3) is 0 Å². The SMILES string of the molecule is CCCCCCCCCCCCC(C)C(=O)OCC(CCCCC)CCCCCCCCCC. The van der Waals surface area contributed by atoms with E-state index in [1.54, 1.807) is 0 Å². The van der Waals surface area contributed by atoms with Crippen LogP contribution in [0, 0.1) is 11.8 Å². The molecule has 0 aromatic rings. The smallest absolute Gasteiger partial charge is 0.308 e. The fourth-order valence-corrected chi connectivity index (χ4v) is 4.96. The van der Waals surface area contributed by atoms with Crippen molar-refractivity contribution < 1.29 is 9.53 Å². The maximum Gasteiger partial charge on any atom is 0.308 e. The normalized spacial score (nSPS) is 13.2. The highest BCUT2D eigenvalue weighted by atomic mass is 16.5. The van der Waals surface area contributed by atoms with E-state index < -0.39 is 0 Å². The van der Waals surface area contributed by atoms with Crippen molar-refractivity contribution in [2.24, 2.45) is 11.8 Å². The van der Waals surface area contributed by atoms with Gasteiger partial charge in [0.2, 0.25) is 0 Å². The third kappa shape index (κ3) is 23.2. The lowest BCUT2D eigenvalue weighted by atomic mass is 9.95. The molecule has 0 fully saturated rings. The average molecular weight is 481 g/mol. The summed E-state index contributed by atoms with van der Waals surface area (Å²) in [5.41, 5.74) is 0. The van der Waals surface area contributed by atoms with E-state index in [-0.39, 0.29) is 11.9 Å². The van der Waals surface area contributed by atoms with Crippen LogP contribution in [0.15, 0.2) is 0 Å². The second-order valence-electron chi connectivity index (χ2n) is 11.1. The zero-order valence-electron chi connectivity index (χ0n) is 24.1. The molecule has 0 bridgehead atoms. The van der Waals surface area contributed by atoms with Crippen LogP contribution in [0.4, 0.5) is 0 Å². The lowest BCUT2D eigenvalue weighted by molar-refractivity contribution is -0.149. The molecule has 0 saturated heterocycles. The highest BCUT2D eigenvalue weighted by molar-refractivity contribution is 5.71. The van der Waals surface area contributed by atoms with Crippen molar-refractivity contribution in [1.29, 1.82) is 0 Å². The molecule has 0 aliphatic heterocycles. The summed E-state index contributed by atoms with van der Waals surface area (Å²) in [6, 6.07) is 0. The van der Waals surface area contributed by atoms with E-state index in [1.807, 2.05) is 0 Å². The van der Waals surface area contributed by atoms with E-state index in [0.717, 1.165) is 6.42 Å². The van der Waals surface area contributed by atoms with Crippen LogP contribution >= 0.6 is 0 Å². The monoisotopic (exact) mass is 480 g/mol. The van der Waals surface area contributed by atoms with E-state index in [0.29, 0.717) is 12.5 Å². The van der Waals surface area contributed by atoms with Gasteiger partial charge in [0.15, 0.2) is 0 Å². The van der Waals surface area contributed by atoms with Crippen molar-refractivity contribution in [2.75, 3.05) is 6.61 Å². The number of esters is 1. The van der Waals surface area contributed by atoms with Gasteiger partial charge in [-0.3, -0.25) is 4.79 Å². The van der Waals surface area contributed by atoms with Crippen LogP contribution in [0.1, 0.15) is 182 Å². The molecule has 34 heavy (non-hydrogen) atoms. The molecular formula is C32H64O2. The van der Waals surface area contributed by atoms with Gasteiger partial charge in [0.1, 0.15) is 0 Å². The first-order valence-corrected chi connectivity index (χ1v) is 15.8. The Kier molecular flexibility index (Phi) is 26.6. The van der Waals surface area contributed by atoms with Gasteiger partial charge in [0.25, 0.3) is 0 Å². The molecule has 0 saturated carbocycles. The number of ether oxygens (including phenoxy) is 1. The van der Waals surface area contributed by atoms with Gasteiger partial charge in [-0.15, -0.1) is 0 Å². The molecule has 2 atom stereocenters. The number of hydrogen-bond donors (Lipinski definition) is 0. The Morgan fingerprint density at radius 1 is 0.500 bits per heavy atom. The molecule has 0 aliphatic rings. The van der Waals surface area contributed by atoms with E-state index in [9.17, 15) is 4.79 Å². The highest BCUT2D eigenvalue weighted by Gasteiger charge is 2.17. The number of carbonyl (C=O) groups is 1. The van der Waals surface area contributed by atoms with Crippen molar-refractivity contribution >= 4 is 5.97 Å². The quantitative estimate of drug-likeness (QED) is 0.0862. The third-order valence-corrected chi connectivity index (χ3v) is 7.54. The van der Waals surface area contributed by atoms with Gasteiger partial charge >= 0.3 is 5.97 Å². The first-order chi connectivity index (χ1) is 16.7. The van der Waals surface area contributed by atoms with Gasteiger partial charge in [0, 0.05) is 0 Å². The van der Waals surface area contributed by atoms with Gasteiger partial charge in [-0.1, -0.05) is 163 Å². The minimum Gasteiger partial charge on any atom is -0.465 e. The molecule has 2 unspecified atom stereocenters. The largest absolute Gasteiger partial charge is 0.465 e. The predicted octanol–water partition coefficient (Wildman–Crippen LogP) is 11.2. The van der Waals surface area contributed by atoms with Crippen LogP contribution < -0.4 is 0 Å². The fraction of sp³-hybridized carbons (Fsp3) is 0.969. The summed E-state index contributed by atoms with van der Waals surface area (Å²) in [5, 5.41) is 0. The van der Waals surface area contributed by atoms with Crippen molar-refractivity contribution in [1.82, 2.24) is 0 Å². The van der Waals surface area contributed by atoms with Crippen LogP contribution in [0.3, 0.4) is 0 Å². The molecule has 0 heterocycles. The van der Waals surface area contributed by atoms with Crippen molar-refractivity contribution in [3.8, 4) is 0 Å².